The van der Waals surface area contributed by atoms with Gasteiger partial charge in [-0.15, -0.1) is 0 Å². The van der Waals surface area contributed by atoms with E-state index < -0.39 is 0 Å². The van der Waals surface area contributed by atoms with Crippen LogP contribution in [-0.4, -0.2) is 22.1 Å². The molecule has 1 aromatic carbocycles. The van der Waals surface area contributed by atoms with Crippen molar-refractivity contribution >= 4 is 5.95 Å². The number of nitrogens with one attached hydrogen (secondary N) is 1. The van der Waals surface area contributed by atoms with Crippen LogP contribution in [0.1, 0.15) is 59.1 Å². The van der Waals surface area contributed by atoms with Gasteiger partial charge in [0.25, 0.3) is 0 Å². The third-order valence-corrected chi connectivity index (χ3v) is 5.09. The highest BCUT2D eigenvalue weighted by Gasteiger charge is 2.19. The minimum atomic E-state index is 0.184. The lowest BCUT2D eigenvalue weighted by atomic mass is 9.87. The average molecular weight is 354 g/mol. The molecule has 2 aromatic rings. The van der Waals surface area contributed by atoms with Crippen LogP contribution in [0.15, 0.2) is 30.5 Å². The lowest BCUT2D eigenvalue weighted by molar-refractivity contribution is 0.242. The molecule has 1 aromatic heterocycles. The van der Waals surface area contributed by atoms with Crippen molar-refractivity contribution in [2.45, 2.75) is 71.9 Å². The summed E-state index contributed by atoms with van der Waals surface area (Å²) in [6.45, 7) is 8.56. The molecule has 140 valence electrons. The molecule has 0 saturated heterocycles. The molecule has 1 saturated carbocycles. The summed E-state index contributed by atoms with van der Waals surface area (Å²) >= 11 is 0. The maximum Gasteiger partial charge on any atom is 0.223 e. The Morgan fingerprint density at radius 3 is 2.42 bits per heavy atom. The lowest BCUT2D eigenvalue weighted by Gasteiger charge is -2.27. The number of anilines is 1. The minimum absolute atomic E-state index is 0.184. The summed E-state index contributed by atoms with van der Waals surface area (Å²) in [5.41, 5.74) is 3.33. The quantitative estimate of drug-likeness (QED) is 0.746. The van der Waals surface area contributed by atoms with Crippen LogP contribution >= 0.6 is 0 Å². The van der Waals surface area contributed by atoms with Gasteiger partial charge in [0.15, 0.2) is 0 Å². The molecule has 1 heterocycles. The summed E-state index contributed by atoms with van der Waals surface area (Å²) in [5.74, 6) is 2.52. The van der Waals surface area contributed by atoms with Gasteiger partial charge in [-0.1, -0.05) is 26.0 Å². The van der Waals surface area contributed by atoms with E-state index in [1.54, 1.807) is 0 Å². The van der Waals surface area contributed by atoms with E-state index in [9.17, 15) is 0 Å². The predicted octanol–water partition coefficient (Wildman–Crippen LogP) is 5.48. The van der Waals surface area contributed by atoms with E-state index >= 15 is 0 Å². The van der Waals surface area contributed by atoms with Crippen LogP contribution < -0.4 is 10.1 Å². The van der Waals surface area contributed by atoms with Gasteiger partial charge in [0.05, 0.1) is 11.8 Å². The second-order valence-electron chi connectivity index (χ2n) is 7.70. The Morgan fingerprint density at radius 1 is 1.12 bits per heavy atom. The van der Waals surface area contributed by atoms with Gasteiger partial charge in [-0.3, -0.25) is 0 Å². The van der Waals surface area contributed by atoms with Crippen molar-refractivity contribution < 1.29 is 4.74 Å². The fourth-order valence-corrected chi connectivity index (χ4v) is 3.57. The Kier molecular flexibility index (Phi) is 6.12. The lowest BCUT2D eigenvalue weighted by Crippen LogP contribution is -2.26. The third kappa shape index (κ3) is 4.75. The zero-order chi connectivity index (χ0) is 18.5. The Morgan fingerprint density at radius 2 is 1.81 bits per heavy atom. The van der Waals surface area contributed by atoms with E-state index in [4.69, 9.17) is 9.72 Å². The van der Waals surface area contributed by atoms with Crippen molar-refractivity contribution in [3.8, 4) is 16.9 Å². The van der Waals surface area contributed by atoms with Crippen LogP contribution in [-0.2, 0) is 6.42 Å². The van der Waals surface area contributed by atoms with E-state index in [-0.39, 0.29) is 6.10 Å². The second-order valence-corrected chi connectivity index (χ2v) is 7.70. The molecular formula is C22H31N3O. The molecule has 1 N–H and O–H groups in total. The zero-order valence-corrected chi connectivity index (χ0v) is 16.5. The van der Waals surface area contributed by atoms with Gasteiger partial charge in [0.1, 0.15) is 5.75 Å². The van der Waals surface area contributed by atoms with Crippen molar-refractivity contribution in [1.29, 1.82) is 0 Å². The fourth-order valence-electron chi connectivity index (χ4n) is 3.57. The molecule has 0 atom stereocenters. The largest absolute Gasteiger partial charge is 0.491 e. The molecule has 3 rings (SSSR count). The summed E-state index contributed by atoms with van der Waals surface area (Å²) in [4.78, 5) is 9.39. The normalized spacial score (nSPS) is 20.2. The summed E-state index contributed by atoms with van der Waals surface area (Å²) in [5, 5.41) is 3.54. The first-order chi connectivity index (χ1) is 12.5. The Bertz CT molecular complexity index is 704. The van der Waals surface area contributed by atoms with Gasteiger partial charge in [-0.05, 0) is 69.6 Å². The van der Waals surface area contributed by atoms with E-state index in [1.165, 1.54) is 25.7 Å². The van der Waals surface area contributed by atoms with Crippen LogP contribution in [0.25, 0.3) is 11.1 Å². The van der Waals surface area contributed by atoms with Crippen molar-refractivity contribution in [3.05, 3.63) is 36.2 Å². The van der Waals surface area contributed by atoms with Gasteiger partial charge in [-0.25, -0.2) is 9.97 Å². The Balaban J connectivity index is 1.74. The minimum Gasteiger partial charge on any atom is -0.491 e. The molecule has 26 heavy (non-hydrogen) atoms. The zero-order valence-electron chi connectivity index (χ0n) is 16.5. The molecule has 0 spiro atoms. The van der Waals surface area contributed by atoms with Gasteiger partial charge in [0.2, 0.25) is 5.95 Å². The number of hydrogen-bond donors (Lipinski definition) is 1. The SMILES string of the molecule is CCc1nc(N[C@H]2CC[C@@H](C)CC2)ncc1-c1ccc(OC(C)C)cc1. The maximum atomic E-state index is 5.73. The van der Waals surface area contributed by atoms with Gasteiger partial charge < -0.3 is 10.1 Å². The molecule has 1 aliphatic carbocycles. The highest BCUT2D eigenvalue weighted by atomic mass is 16.5. The number of benzene rings is 1. The highest BCUT2D eigenvalue weighted by Crippen LogP contribution is 2.28. The summed E-state index contributed by atoms with van der Waals surface area (Å²) in [6.07, 6.45) is 8.04. The van der Waals surface area contributed by atoms with Crippen LogP contribution in [0.3, 0.4) is 0 Å². The molecule has 1 aliphatic rings. The summed E-state index contributed by atoms with van der Waals surface area (Å²) in [7, 11) is 0. The van der Waals surface area contributed by atoms with Crippen molar-refractivity contribution in [3.63, 3.8) is 0 Å². The molecule has 0 bridgehead atoms. The highest BCUT2D eigenvalue weighted by molar-refractivity contribution is 5.66. The number of aromatic nitrogens is 2. The monoisotopic (exact) mass is 353 g/mol. The van der Waals surface area contributed by atoms with Crippen molar-refractivity contribution in [1.82, 2.24) is 9.97 Å². The average Bonchev–Trinajstić information content (AvgIpc) is 2.64. The Hall–Kier alpha value is -2.10. The van der Waals surface area contributed by atoms with Crippen LogP contribution in [0.4, 0.5) is 5.95 Å². The van der Waals surface area contributed by atoms with Crippen molar-refractivity contribution in [2.75, 3.05) is 5.32 Å². The smallest absolute Gasteiger partial charge is 0.223 e. The number of ether oxygens (including phenoxy) is 1. The van der Waals surface area contributed by atoms with Crippen LogP contribution in [0.2, 0.25) is 0 Å². The predicted molar refractivity (Wildman–Crippen MR) is 108 cm³/mol. The first kappa shape index (κ1) is 18.7. The maximum absolute atomic E-state index is 5.73. The molecule has 4 heteroatoms. The molecule has 1 fully saturated rings. The number of nitrogens with zero attached hydrogens (tertiary/aromatic N) is 2. The van der Waals surface area contributed by atoms with Gasteiger partial charge in [-0.2, -0.15) is 0 Å². The Labute approximate surface area is 157 Å². The van der Waals surface area contributed by atoms with Crippen molar-refractivity contribution in [2.24, 2.45) is 5.92 Å². The summed E-state index contributed by atoms with van der Waals surface area (Å²) < 4.78 is 5.73. The summed E-state index contributed by atoms with van der Waals surface area (Å²) in [6, 6.07) is 8.72. The number of rotatable bonds is 6. The molecule has 0 radical (unpaired) electrons. The third-order valence-electron chi connectivity index (χ3n) is 5.09. The van der Waals surface area contributed by atoms with Crippen LogP contribution in [0.5, 0.6) is 5.75 Å². The van der Waals surface area contributed by atoms with Gasteiger partial charge >= 0.3 is 0 Å². The molecule has 0 amide bonds. The molecule has 4 nitrogen and oxygen atoms in total. The first-order valence-electron chi connectivity index (χ1n) is 9.94. The first-order valence-corrected chi connectivity index (χ1v) is 9.94. The van der Waals surface area contributed by atoms with E-state index in [1.807, 2.05) is 32.2 Å². The van der Waals surface area contributed by atoms with Crippen LogP contribution in [0, 0.1) is 5.92 Å². The molecule has 0 aliphatic heterocycles. The number of hydrogen-bond acceptors (Lipinski definition) is 4. The van der Waals surface area contributed by atoms with E-state index in [0.29, 0.717) is 6.04 Å². The topological polar surface area (TPSA) is 47.0 Å². The number of aryl methyl sites for hydroxylation is 1. The second kappa shape index (κ2) is 8.52. The fraction of sp³-hybridized carbons (Fsp3) is 0.545. The standard InChI is InChI=1S/C22H31N3O/c1-5-21-20(17-8-12-19(13-9-17)26-15(2)3)14-23-22(25-21)24-18-10-6-16(4)7-11-18/h8-9,12-16,18H,5-7,10-11H2,1-4H3,(H,23,24,25)/t16-,18+. The van der Waals surface area contributed by atoms with Gasteiger partial charge in [0, 0.05) is 17.8 Å². The molecule has 0 unspecified atom stereocenters. The van der Waals surface area contributed by atoms with E-state index in [2.05, 4.69) is 36.3 Å². The molecular weight excluding hydrogens is 322 g/mol. The van der Waals surface area contributed by atoms with E-state index in [0.717, 1.165) is 40.9 Å².